The van der Waals surface area contributed by atoms with Gasteiger partial charge in [-0.1, -0.05) is 98.2 Å². The Morgan fingerprint density at radius 1 is 0.889 bits per heavy atom. The highest BCUT2D eigenvalue weighted by Gasteiger charge is 2.29. The first kappa shape index (κ1) is 43.3. The van der Waals surface area contributed by atoms with Gasteiger partial charge in [0, 0.05) is 36.6 Å². The number of nitrogens with one attached hydrogen (secondary N) is 1. The summed E-state index contributed by atoms with van der Waals surface area (Å²) in [4.78, 5) is 13.9. The number of phenols is 1. The summed E-state index contributed by atoms with van der Waals surface area (Å²) in [5.41, 5.74) is 8.43. The van der Waals surface area contributed by atoms with E-state index in [1.165, 1.54) is 5.56 Å². The largest absolute Gasteiger partial charge is 0.508 e. The Bertz CT molecular complexity index is 2580. The lowest BCUT2D eigenvalue weighted by Gasteiger charge is -2.28. The number of ether oxygens (including phenoxy) is 3. The van der Waals surface area contributed by atoms with Crippen LogP contribution >= 0.6 is 0 Å². The van der Waals surface area contributed by atoms with Crippen molar-refractivity contribution in [2.75, 3.05) is 19.0 Å². The van der Waals surface area contributed by atoms with Crippen LogP contribution < -0.4 is 14.8 Å². The number of fused-ring (bicyclic) bond motifs is 9. The number of allylic oxidation sites excluding steroid dienone is 4. The summed E-state index contributed by atoms with van der Waals surface area (Å²) in [5, 5.41) is 28.2. The van der Waals surface area contributed by atoms with Crippen molar-refractivity contribution in [3.05, 3.63) is 160 Å². The number of aryl methyl sites for hydroxylation is 2. The van der Waals surface area contributed by atoms with Crippen molar-refractivity contribution in [3.8, 4) is 29.3 Å². The molecule has 7 heteroatoms. The molecule has 3 N–H and O–H groups in total. The highest BCUT2D eigenvalue weighted by Crippen LogP contribution is 2.45. The third-order valence-electron chi connectivity index (χ3n) is 12.9. The van der Waals surface area contributed by atoms with Crippen molar-refractivity contribution in [3.63, 3.8) is 0 Å². The smallest absolute Gasteiger partial charge is 0.161 e. The van der Waals surface area contributed by atoms with Gasteiger partial charge in [0.25, 0.3) is 0 Å². The Labute approximate surface area is 372 Å². The van der Waals surface area contributed by atoms with Gasteiger partial charge in [0.1, 0.15) is 36.1 Å². The van der Waals surface area contributed by atoms with Gasteiger partial charge < -0.3 is 29.7 Å². The maximum Gasteiger partial charge on any atom is 0.161 e. The number of anilines is 1. The molecule has 0 radical (unpaired) electrons. The quantitative estimate of drug-likeness (QED) is 0.0850. The van der Waals surface area contributed by atoms with Crippen LogP contribution in [0.25, 0.3) is 16.8 Å². The second-order valence-electron chi connectivity index (χ2n) is 17.3. The van der Waals surface area contributed by atoms with Crippen LogP contribution in [-0.2, 0) is 35.4 Å². The van der Waals surface area contributed by atoms with Crippen LogP contribution in [0.3, 0.4) is 0 Å². The SMILES string of the molecule is CCNc1cccc(CCCC[C@@H]2C=CC(O)=C[C@@H]2C[C@H]2CC(=O)CCc3ccc(OC)c(c3)OCc3ccc4c(c(O)cc5c4c3C=C[C@H]5C)[C@H](Cc3ccccc3)C#CO2)c1. The van der Waals surface area contributed by atoms with E-state index in [-0.39, 0.29) is 41.5 Å². The minimum atomic E-state index is -0.519. The number of hydrogen-bond acceptors (Lipinski definition) is 7. The third kappa shape index (κ3) is 10.5. The molecule has 324 valence electrons. The highest BCUT2D eigenvalue weighted by molar-refractivity contribution is 6.00. The third-order valence-corrected chi connectivity index (χ3v) is 12.9. The minimum Gasteiger partial charge on any atom is -0.508 e. The van der Waals surface area contributed by atoms with E-state index >= 15 is 0 Å². The standard InChI is InChI=1S/C56H59NO6/c1-4-57-45-16-10-14-39(30-45)13-8-9-15-41-20-23-46(58)32-44(41)33-48-34-47(59)22-18-40-19-26-53(61-3)54(31-40)63-36-43-21-25-50-55(42(27-28-62-48)29-38-11-6-5-7-12-38)52(60)35-51-37(2)17-24-49(43)56(50)51/h5-7,10-12,14,16-17,19-21,23-26,30-32,35,37,41-42,44,48,57-58,60H,4,8-9,13,15,18,22,29,33-34,36H2,1-3H3/t37-,41-,42+,44-,48+/m1/s1. The first-order valence-corrected chi connectivity index (χ1v) is 22.7. The van der Waals surface area contributed by atoms with Gasteiger partial charge in [-0.25, -0.2) is 0 Å². The fourth-order valence-corrected chi connectivity index (χ4v) is 9.61. The topological polar surface area (TPSA) is 97.3 Å². The number of unbranched alkanes of at least 4 members (excludes halogenated alkanes) is 1. The van der Waals surface area contributed by atoms with Crippen LogP contribution in [0.1, 0.15) is 103 Å². The van der Waals surface area contributed by atoms with Gasteiger partial charge in [-0.15, -0.1) is 0 Å². The fourth-order valence-electron chi connectivity index (χ4n) is 9.61. The van der Waals surface area contributed by atoms with Gasteiger partial charge in [0.05, 0.1) is 13.0 Å². The molecule has 2 heterocycles. The van der Waals surface area contributed by atoms with Crippen molar-refractivity contribution in [2.24, 2.45) is 11.8 Å². The van der Waals surface area contributed by atoms with E-state index in [2.05, 4.69) is 98.0 Å². The molecule has 0 aromatic heterocycles. The Morgan fingerprint density at radius 2 is 1.75 bits per heavy atom. The number of aliphatic hydroxyl groups excluding tert-OH is 1. The molecule has 0 saturated heterocycles. The average Bonchev–Trinajstić information content (AvgIpc) is 3.28. The van der Waals surface area contributed by atoms with E-state index in [1.54, 1.807) is 13.2 Å². The van der Waals surface area contributed by atoms with Gasteiger partial charge >= 0.3 is 0 Å². The number of rotatable bonds is 12. The average molecular weight is 842 g/mol. The number of carbonyl (C=O) groups is 1. The summed E-state index contributed by atoms with van der Waals surface area (Å²) in [6.45, 7) is 5.46. The van der Waals surface area contributed by atoms with Crippen LogP contribution in [0, 0.1) is 23.9 Å². The van der Waals surface area contributed by atoms with Crippen LogP contribution in [0.5, 0.6) is 17.2 Å². The lowest BCUT2D eigenvalue weighted by Crippen LogP contribution is -2.24. The normalized spacial score (nSPS) is 20.7. The van der Waals surface area contributed by atoms with Crippen LogP contribution in [0.2, 0.25) is 0 Å². The lowest BCUT2D eigenvalue weighted by atomic mass is 9.80. The van der Waals surface area contributed by atoms with Crippen molar-refractivity contribution < 1.29 is 29.2 Å². The number of benzene rings is 5. The second kappa shape index (κ2) is 20.2. The molecule has 0 amide bonds. The fraction of sp³-hybridized carbons (Fsp3) is 0.339. The first-order valence-electron chi connectivity index (χ1n) is 22.7. The van der Waals surface area contributed by atoms with Crippen molar-refractivity contribution >= 4 is 28.3 Å². The molecule has 6 bridgehead atoms. The van der Waals surface area contributed by atoms with E-state index < -0.39 is 12.0 Å². The van der Waals surface area contributed by atoms with Gasteiger partial charge in [-0.2, -0.15) is 0 Å². The molecule has 63 heavy (non-hydrogen) atoms. The van der Waals surface area contributed by atoms with E-state index in [1.807, 2.05) is 48.5 Å². The second-order valence-corrected chi connectivity index (χ2v) is 17.3. The van der Waals surface area contributed by atoms with Crippen LogP contribution in [0.4, 0.5) is 5.69 Å². The Balaban J connectivity index is 1.13. The Hall–Kier alpha value is -6.39. The Morgan fingerprint density at radius 3 is 2.59 bits per heavy atom. The number of phenolic OH excluding ortho intramolecular Hbond substituents is 1. The molecule has 2 aliphatic heterocycles. The van der Waals surface area contributed by atoms with Crippen molar-refractivity contribution in [2.45, 2.75) is 96.2 Å². The lowest BCUT2D eigenvalue weighted by molar-refractivity contribution is -0.121. The zero-order chi connectivity index (χ0) is 43.7. The molecule has 4 aliphatic rings. The molecule has 5 aromatic rings. The van der Waals surface area contributed by atoms with Crippen LogP contribution in [0.15, 0.2) is 121 Å². The van der Waals surface area contributed by atoms with Gasteiger partial charge in [0.2, 0.25) is 0 Å². The maximum atomic E-state index is 13.9. The van der Waals surface area contributed by atoms with E-state index in [0.717, 1.165) is 82.1 Å². The molecular formula is C56H59NO6. The van der Waals surface area contributed by atoms with Crippen LogP contribution in [-0.4, -0.2) is 35.8 Å². The number of methoxy groups -OCH3 is 1. The zero-order valence-corrected chi connectivity index (χ0v) is 36.7. The summed E-state index contributed by atoms with van der Waals surface area (Å²) in [6.07, 6.45) is 18.9. The molecule has 5 aromatic carbocycles. The molecule has 5 atom stereocenters. The molecule has 7 nitrogen and oxygen atoms in total. The number of ketones is 1. The zero-order valence-electron chi connectivity index (χ0n) is 36.7. The molecule has 0 saturated carbocycles. The number of hydrogen-bond donors (Lipinski definition) is 3. The van der Waals surface area contributed by atoms with Gasteiger partial charge in [0.15, 0.2) is 11.5 Å². The van der Waals surface area contributed by atoms with Gasteiger partial charge in [-0.05, 0) is 144 Å². The molecule has 0 unspecified atom stereocenters. The van der Waals surface area contributed by atoms with E-state index in [0.29, 0.717) is 43.8 Å². The summed E-state index contributed by atoms with van der Waals surface area (Å²) >= 11 is 0. The molecule has 0 fully saturated rings. The maximum absolute atomic E-state index is 13.9. The molecule has 2 aliphatic carbocycles. The molecule has 0 spiro atoms. The number of aromatic hydroxyl groups is 1. The molecule has 9 rings (SSSR count). The summed E-state index contributed by atoms with van der Waals surface area (Å²) in [5.74, 6) is 5.03. The minimum absolute atomic E-state index is 0.0385. The number of carbonyl (C=O) groups excluding carboxylic acids is 1. The van der Waals surface area contributed by atoms with Gasteiger partial charge in [-0.3, -0.25) is 4.79 Å². The predicted octanol–water partition coefficient (Wildman–Crippen LogP) is 12.3. The number of aliphatic hydroxyl groups is 1. The summed E-state index contributed by atoms with van der Waals surface area (Å²) in [7, 11) is 1.64. The predicted molar refractivity (Wildman–Crippen MR) is 253 cm³/mol. The number of Topliss-reactive ketones (excluding diaryl/α,β-unsaturated/α-hetero) is 1. The van der Waals surface area contributed by atoms with Crippen molar-refractivity contribution in [1.82, 2.24) is 0 Å². The first-order chi connectivity index (χ1) is 30.8. The van der Waals surface area contributed by atoms with Crippen molar-refractivity contribution in [1.29, 1.82) is 0 Å². The summed E-state index contributed by atoms with van der Waals surface area (Å²) < 4.78 is 18.8. The monoisotopic (exact) mass is 841 g/mol. The Kier molecular flexibility index (Phi) is 13.9. The highest BCUT2D eigenvalue weighted by atomic mass is 16.5. The van der Waals surface area contributed by atoms with E-state index in [4.69, 9.17) is 14.2 Å². The molecular weight excluding hydrogens is 783 g/mol. The summed E-state index contributed by atoms with van der Waals surface area (Å²) in [6, 6.07) is 30.8. The van der Waals surface area contributed by atoms with E-state index in [9.17, 15) is 15.0 Å².